The number of aromatic nitrogens is 3. The van der Waals surface area contributed by atoms with Crippen LogP contribution in [0.5, 0.6) is 0 Å². The normalized spacial score (nSPS) is 11.4. The summed E-state index contributed by atoms with van der Waals surface area (Å²) >= 11 is 3.18. The van der Waals surface area contributed by atoms with Crippen LogP contribution in [0.15, 0.2) is 43.5 Å². The van der Waals surface area contributed by atoms with Gasteiger partial charge in [0, 0.05) is 31.0 Å². The quantitative estimate of drug-likeness (QED) is 0.816. The zero-order valence-corrected chi connectivity index (χ0v) is 13.5. The van der Waals surface area contributed by atoms with Crippen LogP contribution in [-0.2, 0) is 24.1 Å². The number of rotatable bonds is 3. The van der Waals surface area contributed by atoms with Gasteiger partial charge in [0.25, 0.3) is 15.6 Å². The van der Waals surface area contributed by atoms with Crippen LogP contribution in [0.2, 0.25) is 0 Å². The van der Waals surface area contributed by atoms with Gasteiger partial charge in [0.1, 0.15) is 5.82 Å². The number of nitrogens with one attached hydrogen (secondary N) is 1. The molecule has 2 heterocycles. The van der Waals surface area contributed by atoms with Gasteiger partial charge in [0.2, 0.25) is 0 Å². The van der Waals surface area contributed by atoms with Crippen LogP contribution in [-0.4, -0.2) is 22.5 Å². The molecule has 0 radical (unpaired) electrons. The lowest BCUT2D eigenvalue weighted by molar-refractivity contribution is 0.589. The number of sulfonamides is 1. The molecule has 0 saturated carbocycles. The van der Waals surface area contributed by atoms with Crippen molar-refractivity contribution in [3.8, 4) is 0 Å². The lowest BCUT2D eigenvalue weighted by atomic mass is 10.5. The van der Waals surface area contributed by atoms with E-state index < -0.39 is 26.2 Å². The SMILES string of the molecule is Cn1cc(S(=O)(=O)Nc2ccc(Br)cn2)c(=O)n(C)c1=O. The van der Waals surface area contributed by atoms with E-state index in [1.165, 1.54) is 26.4 Å². The standard InChI is InChI=1S/C11H11BrN4O4S/c1-15-6-8(10(17)16(2)11(15)18)21(19,20)14-9-4-3-7(12)5-13-9/h3-6H,1-2H3,(H,13,14). The van der Waals surface area contributed by atoms with E-state index in [1.807, 2.05) is 0 Å². The highest BCUT2D eigenvalue weighted by atomic mass is 79.9. The number of nitrogens with zero attached hydrogens (tertiary/aromatic N) is 3. The summed E-state index contributed by atoms with van der Waals surface area (Å²) in [6.45, 7) is 0. The summed E-state index contributed by atoms with van der Waals surface area (Å²) < 4.78 is 29.1. The van der Waals surface area contributed by atoms with Gasteiger partial charge < -0.3 is 4.57 Å². The van der Waals surface area contributed by atoms with Crippen molar-refractivity contribution in [2.75, 3.05) is 4.72 Å². The van der Waals surface area contributed by atoms with Crippen molar-refractivity contribution in [1.82, 2.24) is 14.1 Å². The van der Waals surface area contributed by atoms with E-state index in [0.29, 0.717) is 4.47 Å². The van der Waals surface area contributed by atoms with Crippen LogP contribution in [0.1, 0.15) is 0 Å². The molecule has 8 nitrogen and oxygen atoms in total. The lowest BCUT2D eigenvalue weighted by Crippen LogP contribution is -2.40. The molecule has 0 spiro atoms. The summed E-state index contributed by atoms with van der Waals surface area (Å²) in [7, 11) is -1.57. The molecule has 0 aliphatic carbocycles. The smallest absolute Gasteiger partial charge is 0.302 e. The summed E-state index contributed by atoms with van der Waals surface area (Å²) in [6, 6.07) is 3.04. The third-order valence-electron chi connectivity index (χ3n) is 2.67. The Balaban J connectivity index is 2.53. The second-order valence-electron chi connectivity index (χ2n) is 4.22. The van der Waals surface area contributed by atoms with Crippen molar-refractivity contribution in [2.45, 2.75) is 4.90 Å². The predicted molar refractivity (Wildman–Crippen MR) is 79.7 cm³/mol. The van der Waals surface area contributed by atoms with Gasteiger partial charge >= 0.3 is 5.69 Å². The van der Waals surface area contributed by atoms with Crippen molar-refractivity contribution in [1.29, 1.82) is 0 Å². The Kier molecular flexibility index (Phi) is 4.01. The molecule has 0 fully saturated rings. The molecule has 0 aromatic carbocycles. The molecule has 2 rings (SSSR count). The summed E-state index contributed by atoms with van der Waals surface area (Å²) in [5.41, 5.74) is -1.51. The molecule has 0 amide bonds. The maximum Gasteiger partial charge on any atom is 0.330 e. The molecule has 2 aromatic rings. The van der Waals surface area contributed by atoms with Crippen LogP contribution in [0.4, 0.5) is 5.82 Å². The summed E-state index contributed by atoms with van der Waals surface area (Å²) in [4.78, 5) is 26.8. The molecular weight excluding hydrogens is 364 g/mol. The predicted octanol–water partition coefficient (Wildman–Crippen LogP) is 0.0423. The van der Waals surface area contributed by atoms with Crippen molar-refractivity contribution >= 4 is 31.8 Å². The van der Waals surface area contributed by atoms with Gasteiger partial charge in [-0.05, 0) is 28.1 Å². The van der Waals surface area contributed by atoms with Crippen molar-refractivity contribution < 1.29 is 8.42 Å². The minimum absolute atomic E-state index is 0.0640. The topological polar surface area (TPSA) is 103 Å². The first-order chi connectivity index (χ1) is 9.72. The van der Waals surface area contributed by atoms with Crippen molar-refractivity contribution in [2.24, 2.45) is 14.1 Å². The average molecular weight is 375 g/mol. The Hall–Kier alpha value is -1.94. The monoisotopic (exact) mass is 374 g/mol. The Labute approximate surface area is 128 Å². The van der Waals surface area contributed by atoms with Gasteiger partial charge in [-0.25, -0.2) is 18.2 Å². The molecule has 1 N–H and O–H groups in total. The number of hydrogen-bond donors (Lipinski definition) is 1. The fraction of sp³-hybridized carbons (Fsp3) is 0.182. The molecule has 10 heteroatoms. The zero-order valence-electron chi connectivity index (χ0n) is 11.1. The highest BCUT2D eigenvalue weighted by molar-refractivity contribution is 9.10. The molecule has 0 bridgehead atoms. The maximum atomic E-state index is 12.2. The van der Waals surface area contributed by atoms with Gasteiger partial charge in [0.05, 0.1) is 0 Å². The first-order valence-electron chi connectivity index (χ1n) is 5.63. The van der Waals surface area contributed by atoms with Crippen molar-refractivity contribution in [3.63, 3.8) is 0 Å². The van der Waals surface area contributed by atoms with Gasteiger partial charge in [-0.3, -0.25) is 14.1 Å². The zero-order chi connectivity index (χ0) is 15.8. The molecule has 0 saturated heterocycles. The van der Waals surface area contributed by atoms with Gasteiger partial charge in [-0.15, -0.1) is 0 Å². The van der Waals surface area contributed by atoms with Crippen LogP contribution < -0.4 is 16.0 Å². The molecule has 2 aromatic heterocycles. The summed E-state index contributed by atoms with van der Waals surface area (Å²) in [5.74, 6) is 0.0640. The van der Waals surface area contributed by atoms with E-state index in [4.69, 9.17) is 0 Å². The largest absolute Gasteiger partial charge is 0.330 e. The van der Waals surface area contributed by atoms with Gasteiger partial charge in [-0.1, -0.05) is 0 Å². The highest BCUT2D eigenvalue weighted by Gasteiger charge is 2.21. The minimum Gasteiger partial charge on any atom is -0.302 e. The third-order valence-corrected chi connectivity index (χ3v) is 4.48. The Morgan fingerprint density at radius 3 is 2.48 bits per heavy atom. The molecule has 112 valence electrons. The van der Waals surface area contributed by atoms with Crippen LogP contribution in [0.25, 0.3) is 0 Å². The molecular formula is C11H11BrN4O4S. The van der Waals surface area contributed by atoms with Gasteiger partial charge in [0.15, 0.2) is 4.90 Å². The second kappa shape index (κ2) is 5.45. The molecule has 0 unspecified atom stereocenters. The first-order valence-corrected chi connectivity index (χ1v) is 7.91. The summed E-state index contributed by atoms with van der Waals surface area (Å²) in [6.07, 6.45) is 2.39. The molecule has 0 atom stereocenters. The highest BCUT2D eigenvalue weighted by Crippen LogP contribution is 2.13. The number of anilines is 1. The second-order valence-corrected chi connectivity index (χ2v) is 6.78. The number of pyridine rings is 1. The Bertz CT molecular complexity index is 899. The number of hydrogen-bond acceptors (Lipinski definition) is 5. The van der Waals surface area contributed by atoms with Gasteiger partial charge in [-0.2, -0.15) is 0 Å². The van der Waals surface area contributed by atoms with Crippen LogP contribution in [0, 0.1) is 0 Å². The fourth-order valence-corrected chi connectivity index (χ4v) is 2.99. The Morgan fingerprint density at radius 1 is 1.24 bits per heavy atom. The minimum atomic E-state index is -4.14. The molecule has 0 aliphatic rings. The Morgan fingerprint density at radius 2 is 1.90 bits per heavy atom. The summed E-state index contributed by atoms with van der Waals surface area (Å²) in [5, 5.41) is 0. The number of halogens is 1. The lowest BCUT2D eigenvalue weighted by Gasteiger charge is -2.09. The maximum absolute atomic E-state index is 12.2. The average Bonchev–Trinajstić information content (AvgIpc) is 2.42. The third kappa shape index (κ3) is 3.05. The molecule has 21 heavy (non-hydrogen) atoms. The van der Waals surface area contributed by atoms with E-state index >= 15 is 0 Å². The van der Waals surface area contributed by atoms with E-state index in [9.17, 15) is 18.0 Å². The van der Waals surface area contributed by atoms with E-state index in [1.54, 1.807) is 6.07 Å². The fourth-order valence-electron chi connectivity index (χ4n) is 1.59. The van der Waals surface area contributed by atoms with Crippen LogP contribution >= 0.6 is 15.9 Å². The van der Waals surface area contributed by atoms with E-state index in [0.717, 1.165) is 15.3 Å². The van der Waals surface area contributed by atoms with E-state index in [-0.39, 0.29) is 5.82 Å². The van der Waals surface area contributed by atoms with Crippen LogP contribution in [0.3, 0.4) is 0 Å². The number of aryl methyl sites for hydroxylation is 1. The molecule has 0 aliphatic heterocycles. The first kappa shape index (κ1) is 15.4. The van der Waals surface area contributed by atoms with E-state index in [2.05, 4.69) is 25.6 Å². The van der Waals surface area contributed by atoms with Crippen molar-refractivity contribution in [3.05, 3.63) is 49.8 Å².